The molecule has 0 unspecified atom stereocenters. The summed E-state index contributed by atoms with van der Waals surface area (Å²) in [6, 6.07) is 5.10. The first-order chi connectivity index (χ1) is 9.56. The molecule has 0 fully saturated rings. The van der Waals surface area contributed by atoms with E-state index < -0.39 is 0 Å². The average Bonchev–Trinajstić information content (AvgIpc) is 2.42. The molecule has 0 bridgehead atoms. The molecule has 0 atom stereocenters. The summed E-state index contributed by atoms with van der Waals surface area (Å²) in [4.78, 5) is 19.1. The van der Waals surface area contributed by atoms with Crippen LogP contribution in [0, 0.1) is 0 Å². The second-order valence-electron chi connectivity index (χ2n) is 4.37. The number of aromatic amines is 1. The van der Waals surface area contributed by atoms with Crippen molar-refractivity contribution in [3.05, 3.63) is 39.1 Å². The minimum absolute atomic E-state index is 0.216. The van der Waals surface area contributed by atoms with E-state index in [4.69, 9.17) is 22.1 Å². The number of H-pyrrole nitrogens is 1. The second kappa shape index (κ2) is 5.96. The van der Waals surface area contributed by atoms with Crippen LogP contribution >= 0.6 is 11.6 Å². The quantitative estimate of drug-likeness (QED) is 0.908. The van der Waals surface area contributed by atoms with E-state index in [-0.39, 0.29) is 11.4 Å². The molecule has 1 heterocycles. The largest absolute Gasteiger partial charge is 0.496 e. The van der Waals surface area contributed by atoms with E-state index in [1.807, 2.05) is 6.92 Å². The molecule has 20 heavy (non-hydrogen) atoms. The van der Waals surface area contributed by atoms with Crippen molar-refractivity contribution in [3.8, 4) is 17.1 Å². The first kappa shape index (κ1) is 14.4. The Labute approximate surface area is 121 Å². The fourth-order valence-electron chi connectivity index (χ4n) is 2.00. The maximum Gasteiger partial charge on any atom is 0.256 e. The zero-order valence-electron chi connectivity index (χ0n) is 11.4. The van der Waals surface area contributed by atoms with Crippen LogP contribution < -0.4 is 16.0 Å². The van der Waals surface area contributed by atoms with Crippen molar-refractivity contribution in [2.24, 2.45) is 0 Å². The lowest BCUT2D eigenvalue weighted by Gasteiger charge is -2.10. The maximum atomic E-state index is 12.0. The van der Waals surface area contributed by atoms with Gasteiger partial charge in [0.15, 0.2) is 0 Å². The summed E-state index contributed by atoms with van der Waals surface area (Å²) in [6.45, 7) is 1.98. The Morgan fingerprint density at radius 1 is 1.45 bits per heavy atom. The van der Waals surface area contributed by atoms with Crippen molar-refractivity contribution >= 4 is 17.4 Å². The van der Waals surface area contributed by atoms with E-state index in [1.165, 1.54) is 7.11 Å². The Kier molecular flexibility index (Phi) is 4.29. The van der Waals surface area contributed by atoms with E-state index in [9.17, 15) is 4.79 Å². The van der Waals surface area contributed by atoms with Gasteiger partial charge in [0.1, 0.15) is 17.4 Å². The van der Waals surface area contributed by atoms with E-state index in [1.54, 1.807) is 18.2 Å². The van der Waals surface area contributed by atoms with Crippen LogP contribution in [0.15, 0.2) is 23.0 Å². The number of hydrogen-bond donors (Lipinski definition) is 2. The number of nitrogen functional groups attached to an aromatic ring is 1. The number of methoxy groups -OCH3 is 1. The summed E-state index contributed by atoms with van der Waals surface area (Å²) >= 11 is 5.92. The molecule has 1 aromatic heterocycles. The number of anilines is 1. The molecule has 0 aliphatic rings. The van der Waals surface area contributed by atoms with Crippen LogP contribution in [0.1, 0.15) is 18.9 Å². The standard InChI is InChI=1S/C14H16ClN3O2/c1-3-4-10-12(16)17-13(18-14(10)19)9-6-5-8(15)7-11(9)20-2/h5-7H,3-4H2,1-2H3,(H3,16,17,18,19). The average molecular weight is 294 g/mol. The van der Waals surface area contributed by atoms with Gasteiger partial charge in [-0.05, 0) is 24.6 Å². The van der Waals surface area contributed by atoms with E-state index >= 15 is 0 Å². The molecule has 2 rings (SSSR count). The van der Waals surface area contributed by atoms with Gasteiger partial charge in [0.05, 0.1) is 18.2 Å². The molecule has 5 nitrogen and oxygen atoms in total. The van der Waals surface area contributed by atoms with Gasteiger partial charge in [-0.1, -0.05) is 24.9 Å². The highest BCUT2D eigenvalue weighted by Gasteiger charge is 2.13. The molecule has 0 aliphatic carbocycles. The minimum Gasteiger partial charge on any atom is -0.496 e. The van der Waals surface area contributed by atoms with E-state index in [2.05, 4.69) is 9.97 Å². The monoisotopic (exact) mass is 293 g/mol. The molecule has 0 saturated heterocycles. The van der Waals surface area contributed by atoms with Gasteiger partial charge < -0.3 is 15.5 Å². The zero-order valence-corrected chi connectivity index (χ0v) is 12.1. The predicted octanol–water partition coefficient (Wildman–Crippen LogP) is 2.63. The van der Waals surface area contributed by atoms with Crippen LogP contribution in [0.2, 0.25) is 5.02 Å². The smallest absolute Gasteiger partial charge is 0.256 e. The topological polar surface area (TPSA) is 81.0 Å². The molecule has 6 heteroatoms. The van der Waals surface area contributed by atoms with Gasteiger partial charge >= 0.3 is 0 Å². The van der Waals surface area contributed by atoms with Crippen molar-refractivity contribution < 1.29 is 4.74 Å². The normalized spacial score (nSPS) is 10.6. The molecule has 0 amide bonds. The van der Waals surface area contributed by atoms with Gasteiger partial charge in [-0.2, -0.15) is 0 Å². The van der Waals surface area contributed by atoms with Gasteiger partial charge in [-0.15, -0.1) is 0 Å². The highest BCUT2D eigenvalue weighted by molar-refractivity contribution is 6.30. The lowest BCUT2D eigenvalue weighted by Crippen LogP contribution is -2.18. The Morgan fingerprint density at radius 3 is 2.80 bits per heavy atom. The maximum absolute atomic E-state index is 12.0. The lowest BCUT2D eigenvalue weighted by molar-refractivity contribution is 0.416. The van der Waals surface area contributed by atoms with Crippen molar-refractivity contribution in [3.63, 3.8) is 0 Å². The fraction of sp³-hybridized carbons (Fsp3) is 0.286. The number of rotatable bonds is 4. The van der Waals surface area contributed by atoms with Crippen molar-refractivity contribution in [1.82, 2.24) is 9.97 Å². The molecule has 0 radical (unpaired) electrons. The van der Waals surface area contributed by atoms with Gasteiger partial charge in [0, 0.05) is 5.02 Å². The summed E-state index contributed by atoms with van der Waals surface area (Å²) in [6.07, 6.45) is 1.44. The number of benzene rings is 1. The Morgan fingerprint density at radius 2 is 2.20 bits per heavy atom. The number of nitrogens with two attached hydrogens (primary N) is 1. The number of nitrogens with one attached hydrogen (secondary N) is 1. The first-order valence-corrected chi connectivity index (χ1v) is 6.67. The highest BCUT2D eigenvalue weighted by atomic mass is 35.5. The summed E-state index contributed by atoms with van der Waals surface area (Å²) in [5.41, 5.74) is 6.81. The van der Waals surface area contributed by atoms with Crippen LogP contribution in [0.3, 0.4) is 0 Å². The van der Waals surface area contributed by atoms with Crippen LogP contribution in [0.25, 0.3) is 11.4 Å². The molecule has 106 valence electrons. The molecule has 3 N–H and O–H groups in total. The third kappa shape index (κ3) is 2.77. The van der Waals surface area contributed by atoms with Crippen molar-refractivity contribution in [1.29, 1.82) is 0 Å². The van der Waals surface area contributed by atoms with Gasteiger partial charge in [0.2, 0.25) is 0 Å². The molecular weight excluding hydrogens is 278 g/mol. The van der Waals surface area contributed by atoms with Gasteiger partial charge in [0.25, 0.3) is 5.56 Å². The third-order valence-corrected chi connectivity index (χ3v) is 3.20. The zero-order chi connectivity index (χ0) is 14.7. The number of nitrogens with zero attached hydrogens (tertiary/aromatic N) is 1. The van der Waals surface area contributed by atoms with Crippen molar-refractivity contribution in [2.75, 3.05) is 12.8 Å². The molecule has 1 aromatic carbocycles. The number of halogens is 1. The Bertz CT molecular complexity index is 683. The number of aromatic nitrogens is 2. The van der Waals surface area contributed by atoms with Gasteiger partial charge in [-0.3, -0.25) is 4.79 Å². The summed E-state index contributed by atoms with van der Waals surface area (Å²) in [5, 5.41) is 0.545. The SMILES string of the molecule is CCCc1c(N)nc(-c2ccc(Cl)cc2OC)[nH]c1=O. The molecule has 0 saturated carbocycles. The predicted molar refractivity (Wildman–Crippen MR) is 80.3 cm³/mol. The molecule has 0 spiro atoms. The van der Waals surface area contributed by atoms with Crippen LogP contribution in [0.5, 0.6) is 5.75 Å². The molecule has 0 aliphatic heterocycles. The fourth-order valence-corrected chi connectivity index (χ4v) is 2.16. The summed E-state index contributed by atoms with van der Waals surface area (Å²) in [5.74, 6) is 1.16. The van der Waals surface area contributed by atoms with Gasteiger partial charge in [-0.25, -0.2) is 4.98 Å². The lowest BCUT2D eigenvalue weighted by atomic mass is 10.1. The summed E-state index contributed by atoms with van der Waals surface area (Å²) in [7, 11) is 1.53. The number of ether oxygens (including phenoxy) is 1. The Hall–Kier alpha value is -2.01. The van der Waals surface area contributed by atoms with Crippen LogP contribution in [-0.4, -0.2) is 17.1 Å². The van der Waals surface area contributed by atoms with E-state index in [0.717, 1.165) is 6.42 Å². The highest BCUT2D eigenvalue weighted by Crippen LogP contribution is 2.30. The summed E-state index contributed by atoms with van der Waals surface area (Å²) < 4.78 is 5.25. The second-order valence-corrected chi connectivity index (χ2v) is 4.81. The Balaban J connectivity index is 2.57. The van der Waals surface area contributed by atoms with Crippen LogP contribution in [0.4, 0.5) is 5.82 Å². The number of hydrogen-bond acceptors (Lipinski definition) is 4. The van der Waals surface area contributed by atoms with Crippen molar-refractivity contribution in [2.45, 2.75) is 19.8 Å². The van der Waals surface area contributed by atoms with Crippen LogP contribution in [-0.2, 0) is 6.42 Å². The minimum atomic E-state index is -0.216. The molecular formula is C14H16ClN3O2. The first-order valence-electron chi connectivity index (χ1n) is 6.29. The molecule has 2 aromatic rings. The van der Waals surface area contributed by atoms with E-state index in [0.29, 0.717) is 34.1 Å². The third-order valence-electron chi connectivity index (χ3n) is 2.97.